The van der Waals surface area contributed by atoms with Gasteiger partial charge in [-0.2, -0.15) is 0 Å². The van der Waals surface area contributed by atoms with E-state index in [1.165, 1.54) is 22.7 Å². The van der Waals surface area contributed by atoms with Gasteiger partial charge in [-0.05, 0) is 47.0 Å². The van der Waals surface area contributed by atoms with Gasteiger partial charge in [-0.15, -0.1) is 22.7 Å². The molecule has 0 spiro atoms. The number of oxazole rings is 1. The lowest BCUT2D eigenvalue weighted by atomic mass is 10.00. The maximum atomic E-state index is 14.7. The number of hydrogen-bond acceptors (Lipinski definition) is 9. The Bertz CT molecular complexity index is 1650. The summed E-state index contributed by atoms with van der Waals surface area (Å²) in [6.07, 6.45) is 0.770. The summed E-state index contributed by atoms with van der Waals surface area (Å²) < 4.78 is 34.0. The minimum absolute atomic E-state index is 0.0713. The number of nitrogens with zero attached hydrogens (tertiary/aromatic N) is 2. The van der Waals surface area contributed by atoms with Crippen molar-refractivity contribution in [3.63, 3.8) is 0 Å². The van der Waals surface area contributed by atoms with Crippen molar-refractivity contribution in [2.75, 3.05) is 6.26 Å². The second kappa shape index (κ2) is 13.5. The van der Waals surface area contributed by atoms with Crippen molar-refractivity contribution in [2.45, 2.75) is 56.3 Å². The van der Waals surface area contributed by atoms with Crippen molar-refractivity contribution >= 4 is 49.5 Å². The van der Waals surface area contributed by atoms with Crippen molar-refractivity contribution in [3.05, 3.63) is 111 Å². The maximum Gasteiger partial charge on any atom is 0.256 e. The molecule has 2 N–H and O–H groups in total. The highest BCUT2D eigenvalue weighted by atomic mass is 32.2. The van der Waals surface area contributed by atoms with Crippen LogP contribution in [0.3, 0.4) is 0 Å². The second-order valence-electron chi connectivity index (χ2n) is 10.6. The highest BCUT2D eigenvalue weighted by Crippen LogP contribution is 2.34. The molecule has 3 aromatic heterocycles. The first-order chi connectivity index (χ1) is 20.7. The molecule has 2 aromatic carbocycles. The number of rotatable bonds is 14. The molecular weight excluding hydrogens is 603 g/mol. The van der Waals surface area contributed by atoms with Gasteiger partial charge in [-0.1, -0.05) is 67.9 Å². The second-order valence-corrected chi connectivity index (χ2v) is 14.9. The lowest BCUT2D eigenvalue weighted by Gasteiger charge is -2.42. The van der Waals surface area contributed by atoms with E-state index >= 15 is 0 Å². The van der Waals surface area contributed by atoms with Crippen molar-refractivity contribution in [3.8, 4) is 0 Å². The average molecular weight is 638 g/mol. The SMILES string of the molecule is CCC[C@H](NC(=O)[C@](Cc1ccccc1)(N(Cc1cccs1)Cc1cccs1)S(C)(=O)=O)C(O)c1nc2ccccc2o1. The molecule has 1 unspecified atom stereocenters. The number of hydrogen-bond donors (Lipinski definition) is 2. The molecule has 8 nitrogen and oxygen atoms in total. The minimum atomic E-state index is -4.10. The van der Waals surface area contributed by atoms with Crippen LogP contribution in [-0.2, 0) is 34.1 Å². The molecule has 3 atom stereocenters. The fourth-order valence-corrected chi connectivity index (χ4v) is 8.19. The number of sulfone groups is 1. The number of aliphatic hydroxyl groups excluding tert-OH is 1. The first kappa shape index (κ1) is 31.1. The zero-order valence-electron chi connectivity index (χ0n) is 24.0. The highest BCUT2D eigenvalue weighted by molar-refractivity contribution is 7.92. The van der Waals surface area contributed by atoms with Gasteiger partial charge in [-0.3, -0.25) is 9.69 Å². The van der Waals surface area contributed by atoms with Gasteiger partial charge >= 0.3 is 0 Å². The Hall–Kier alpha value is -3.35. The summed E-state index contributed by atoms with van der Waals surface area (Å²) in [5.41, 5.74) is 1.81. The Morgan fingerprint density at radius 1 is 0.977 bits per heavy atom. The number of fused-ring (bicyclic) bond motifs is 1. The van der Waals surface area contributed by atoms with E-state index in [2.05, 4.69) is 10.3 Å². The van der Waals surface area contributed by atoms with Gasteiger partial charge in [0.25, 0.3) is 5.91 Å². The third-order valence-electron chi connectivity index (χ3n) is 7.48. The van der Waals surface area contributed by atoms with Crippen molar-refractivity contribution in [1.82, 2.24) is 15.2 Å². The molecule has 226 valence electrons. The number of benzene rings is 2. The molecule has 0 aliphatic carbocycles. The van der Waals surface area contributed by atoms with E-state index < -0.39 is 32.8 Å². The average Bonchev–Trinajstić information content (AvgIpc) is 3.77. The van der Waals surface area contributed by atoms with Gasteiger partial charge in [0.1, 0.15) is 5.52 Å². The fourth-order valence-electron chi connectivity index (χ4n) is 5.32. The first-order valence-electron chi connectivity index (χ1n) is 14.1. The van der Waals surface area contributed by atoms with Gasteiger partial charge in [0.15, 0.2) is 21.5 Å². The molecule has 0 saturated carbocycles. The predicted molar refractivity (Wildman–Crippen MR) is 171 cm³/mol. The van der Waals surface area contributed by atoms with E-state index in [1.807, 2.05) is 84.4 Å². The summed E-state index contributed by atoms with van der Waals surface area (Å²) in [5, 5.41) is 18.3. The van der Waals surface area contributed by atoms with Gasteiger partial charge in [0.05, 0.1) is 6.04 Å². The van der Waals surface area contributed by atoms with Crippen molar-refractivity contribution in [1.29, 1.82) is 0 Å². The molecule has 11 heteroatoms. The van der Waals surface area contributed by atoms with E-state index in [4.69, 9.17) is 4.42 Å². The Morgan fingerprint density at radius 2 is 1.60 bits per heavy atom. The van der Waals surface area contributed by atoms with Crippen LogP contribution in [0.15, 0.2) is 94.0 Å². The number of amides is 1. The lowest BCUT2D eigenvalue weighted by Crippen LogP contribution is -2.65. The normalized spacial score (nSPS) is 14.9. The number of aromatic nitrogens is 1. The molecule has 1 amide bonds. The van der Waals surface area contributed by atoms with Crippen LogP contribution >= 0.6 is 22.7 Å². The van der Waals surface area contributed by atoms with E-state index in [0.29, 0.717) is 29.5 Å². The largest absolute Gasteiger partial charge is 0.438 e. The molecule has 0 aliphatic rings. The number of aliphatic hydroxyl groups is 1. The standard InChI is InChI=1S/C32H35N3O5S3/c1-3-11-27(29(36)30-33-26-16-7-8-17-28(26)40-30)34-31(37)32(43(2,38)39,20-23-12-5-4-6-13-23)35(21-24-14-9-18-41-24)22-25-15-10-19-42-25/h4-10,12-19,27,29,36H,3,11,20-22H2,1-2H3,(H,34,37)/t27-,29?,32+/m0/s1. The summed E-state index contributed by atoms with van der Waals surface area (Å²) in [4.78, 5) is 20.8. The number of thiophene rings is 2. The van der Waals surface area contributed by atoms with Gasteiger partial charge in [0, 0.05) is 35.5 Å². The smallest absolute Gasteiger partial charge is 0.256 e. The molecule has 0 saturated heterocycles. The number of carbonyl (C=O) groups is 1. The van der Waals surface area contributed by atoms with E-state index in [9.17, 15) is 18.3 Å². The molecule has 0 aliphatic heterocycles. The Labute approximate surface area is 259 Å². The van der Waals surface area contributed by atoms with Crippen LogP contribution in [-0.4, -0.2) is 46.5 Å². The molecule has 0 bridgehead atoms. The van der Waals surface area contributed by atoms with Crippen molar-refractivity contribution in [2.24, 2.45) is 0 Å². The fraction of sp³-hybridized carbons (Fsp3) is 0.312. The molecular formula is C32H35N3O5S3. The Morgan fingerprint density at radius 3 is 2.16 bits per heavy atom. The number of para-hydroxylation sites is 2. The van der Waals surface area contributed by atoms with Crippen LogP contribution in [0.4, 0.5) is 0 Å². The van der Waals surface area contributed by atoms with Gasteiger partial charge in [0.2, 0.25) is 10.8 Å². The third-order valence-corrected chi connectivity index (χ3v) is 11.0. The zero-order chi connectivity index (χ0) is 30.5. The zero-order valence-corrected chi connectivity index (χ0v) is 26.5. The monoisotopic (exact) mass is 637 g/mol. The van der Waals surface area contributed by atoms with E-state index in [-0.39, 0.29) is 25.4 Å². The van der Waals surface area contributed by atoms with E-state index in [1.54, 1.807) is 17.0 Å². The Kier molecular flexibility index (Phi) is 9.78. The summed E-state index contributed by atoms with van der Waals surface area (Å²) in [5.74, 6) is -0.623. The predicted octanol–water partition coefficient (Wildman–Crippen LogP) is 5.96. The van der Waals surface area contributed by atoms with Crippen LogP contribution in [0.2, 0.25) is 0 Å². The molecule has 5 rings (SSSR count). The third kappa shape index (κ3) is 6.91. The number of nitrogens with one attached hydrogen (secondary N) is 1. The minimum Gasteiger partial charge on any atom is -0.438 e. The van der Waals surface area contributed by atoms with Crippen molar-refractivity contribution < 1.29 is 22.7 Å². The van der Waals surface area contributed by atoms with Gasteiger partial charge in [-0.25, -0.2) is 13.4 Å². The van der Waals surface area contributed by atoms with Crippen LogP contribution in [0, 0.1) is 0 Å². The molecule has 0 radical (unpaired) electrons. The van der Waals surface area contributed by atoms with Crippen LogP contribution in [0.5, 0.6) is 0 Å². The molecule has 0 fully saturated rings. The highest BCUT2D eigenvalue weighted by Gasteiger charge is 2.54. The summed E-state index contributed by atoms with van der Waals surface area (Å²) in [7, 11) is -4.10. The summed E-state index contributed by atoms with van der Waals surface area (Å²) in [6.45, 7) is 2.43. The summed E-state index contributed by atoms with van der Waals surface area (Å²) >= 11 is 3.02. The topological polar surface area (TPSA) is 113 Å². The maximum absolute atomic E-state index is 14.7. The quantitative estimate of drug-likeness (QED) is 0.155. The molecule has 3 heterocycles. The summed E-state index contributed by atoms with van der Waals surface area (Å²) in [6, 6.07) is 23.2. The van der Waals surface area contributed by atoms with Crippen LogP contribution < -0.4 is 5.32 Å². The Balaban J connectivity index is 1.59. The molecule has 43 heavy (non-hydrogen) atoms. The van der Waals surface area contributed by atoms with E-state index in [0.717, 1.165) is 16.0 Å². The first-order valence-corrected chi connectivity index (χ1v) is 17.7. The van der Waals surface area contributed by atoms with Crippen LogP contribution in [0.1, 0.15) is 47.1 Å². The van der Waals surface area contributed by atoms with Crippen LogP contribution in [0.25, 0.3) is 11.1 Å². The lowest BCUT2D eigenvalue weighted by molar-refractivity contribution is -0.131. The molecule has 5 aromatic rings. The number of carbonyl (C=O) groups excluding carboxylic acids is 1. The van der Waals surface area contributed by atoms with Gasteiger partial charge < -0.3 is 14.8 Å².